The summed E-state index contributed by atoms with van der Waals surface area (Å²) in [5, 5.41) is 3.28. The van der Waals surface area contributed by atoms with Crippen LogP contribution < -0.4 is 5.32 Å². The summed E-state index contributed by atoms with van der Waals surface area (Å²) in [6, 6.07) is 3.72. The monoisotopic (exact) mass is 386 g/mol. The van der Waals surface area contributed by atoms with Gasteiger partial charge in [0.1, 0.15) is 5.82 Å². The fourth-order valence-electron chi connectivity index (χ4n) is 4.36. The summed E-state index contributed by atoms with van der Waals surface area (Å²) in [6.07, 6.45) is 7.75. The van der Waals surface area contributed by atoms with Crippen LogP contribution in [0.1, 0.15) is 48.9 Å². The second-order valence-electron chi connectivity index (χ2n) is 8.13. The Morgan fingerprint density at radius 2 is 2.04 bits per heavy atom. The van der Waals surface area contributed by atoms with E-state index in [4.69, 9.17) is 4.74 Å². The smallest absolute Gasteiger partial charge is 0.255 e. The van der Waals surface area contributed by atoms with Crippen molar-refractivity contribution in [2.45, 2.75) is 44.6 Å². The quantitative estimate of drug-likeness (QED) is 0.811. The Morgan fingerprint density at radius 1 is 1.18 bits per heavy atom. The number of hydrogen-bond donors (Lipinski definition) is 1. The predicted molar refractivity (Wildman–Crippen MR) is 106 cm³/mol. The molecular weight excluding hydrogens is 356 g/mol. The zero-order valence-electron chi connectivity index (χ0n) is 16.4. The number of nitrogens with one attached hydrogen (secondary N) is 1. The Bertz CT molecular complexity index is 679. The van der Waals surface area contributed by atoms with Gasteiger partial charge in [-0.2, -0.15) is 0 Å². The van der Waals surface area contributed by atoms with Gasteiger partial charge in [0.2, 0.25) is 5.91 Å². The number of pyridine rings is 1. The van der Waals surface area contributed by atoms with Crippen molar-refractivity contribution in [2.75, 3.05) is 44.6 Å². The molecule has 1 aromatic heterocycles. The van der Waals surface area contributed by atoms with Gasteiger partial charge in [0.15, 0.2) is 0 Å². The Morgan fingerprint density at radius 3 is 2.68 bits per heavy atom. The summed E-state index contributed by atoms with van der Waals surface area (Å²) in [5.74, 6) is 1.63. The van der Waals surface area contributed by atoms with Gasteiger partial charge < -0.3 is 19.9 Å². The minimum absolute atomic E-state index is 0.0499. The molecule has 0 bridgehead atoms. The van der Waals surface area contributed by atoms with Gasteiger partial charge in [-0.15, -0.1) is 0 Å². The number of aromatic nitrogens is 1. The lowest BCUT2D eigenvalue weighted by Crippen LogP contribution is -2.41. The minimum atomic E-state index is 0.0499. The third-order valence-electron chi connectivity index (χ3n) is 6.10. The van der Waals surface area contributed by atoms with E-state index in [1.165, 1.54) is 0 Å². The Hall–Kier alpha value is -2.15. The maximum Gasteiger partial charge on any atom is 0.255 e. The maximum atomic E-state index is 12.8. The number of piperidine rings is 1. The van der Waals surface area contributed by atoms with Crippen molar-refractivity contribution in [2.24, 2.45) is 5.92 Å². The molecule has 4 rings (SSSR count). The summed E-state index contributed by atoms with van der Waals surface area (Å²) >= 11 is 0. The Kier molecular flexibility index (Phi) is 6.10. The molecule has 3 aliphatic rings. The van der Waals surface area contributed by atoms with E-state index in [0.717, 1.165) is 77.3 Å². The molecule has 0 unspecified atom stereocenters. The summed E-state index contributed by atoms with van der Waals surface area (Å²) < 4.78 is 5.60. The van der Waals surface area contributed by atoms with Gasteiger partial charge in [-0.3, -0.25) is 9.59 Å². The highest BCUT2D eigenvalue weighted by Gasteiger charge is 2.28. The number of likely N-dealkylation sites (tertiary alicyclic amines) is 2. The first kappa shape index (κ1) is 19.2. The molecule has 3 aliphatic heterocycles. The van der Waals surface area contributed by atoms with E-state index >= 15 is 0 Å². The molecule has 3 fully saturated rings. The van der Waals surface area contributed by atoms with Crippen molar-refractivity contribution in [1.82, 2.24) is 14.8 Å². The topological polar surface area (TPSA) is 74.8 Å². The molecule has 7 nitrogen and oxygen atoms in total. The molecule has 0 radical (unpaired) electrons. The molecule has 1 atom stereocenters. The number of anilines is 1. The van der Waals surface area contributed by atoms with Crippen LogP contribution in [0.5, 0.6) is 0 Å². The molecule has 1 aromatic rings. The second-order valence-corrected chi connectivity index (χ2v) is 8.13. The average molecular weight is 386 g/mol. The first-order valence-corrected chi connectivity index (χ1v) is 10.6. The van der Waals surface area contributed by atoms with Gasteiger partial charge in [-0.1, -0.05) is 0 Å². The molecular formula is C21H30N4O3. The van der Waals surface area contributed by atoms with Gasteiger partial charge in [0.05, 0.1) is 11.7 Å². The summed E-state index contributed by atoms with van der Waals surface area (Å²) in [4.78, 5) is 32.9. The van der Waals surface area contributed by atoms with Crippen LogP contribution in [0.2, 0.25) is 0 Å². The van der Waals surface area contributed by atoms with Crippen molar-refractivity contribution in [3.63, 3.8) is 0 Å². The third-order valence-corrected chi connectivity index (χ3v) is 6.10. The standard InChI is InChI=1S/C21H30N4O3/c26-20-4-1-9-25(20)15-16-7-10-24(11-8-16)21(27)17-5-6-19(22-13-17)23-14-18-3-2-12-28-18/h5-6,13,16,18H,1-4,7-12,14-15H2,(H,22,23)/t18-/m0/s1. The van der Waals surface area contributed by atoms with E-state index in [-0.39, 0.29) is 17.9 Å². The van der Waals surface area contributed by atoms with Crippen molar-refractivity contribution < 1.29 is 14.3 Å². The number of rotatable bonds is 6. The van der Waals surface area contributed by atoms with Gasteiger partial charge in [-0.05, 0) is 50.2 Å². The number of ether oxygens (including phenoxy) is 1. The highest BCUT2D eigenvalue weighted by Crippen LogP contribution is 2.22. The van der Waals surface area contributed by atoms with E-state index in [9.17, 15) is 9.59 Å². The van der Waals surface area contributed by atoms with Gasteiger partial charge in [0.25, 0.3) is 5.91 Å². The largest absolute Gasteiger partial charge is 0.376 e. The fourth-order valence-corrected chi connectivity index (χ4v) is 4.36. The van der Waals surface area contributed by atoms with Crippen molar-refractivity contribution in [3.05, 3.63) is 23.9 Å². The lowest BCUT2D eigenvalue weighted by Gasteiger charge is -2.34. The molecule has 0 spiro atoms. The van der Waals surface area contributed by atoms with E-state index in [2.05, 4.69) is 10.3 Å². The van der Waals surface area contributed by atoms with Crippen molar-refractivity contribution >= 4 is 17.6 Å². The summed E-state index contributed by atoms with van der Waals surface area (Å²) in [6.45, 7) is 4.87. The molecule has 28 heavy (non-hydrogen) atoms. The van der Waals surface area contributed by atoms with Crippen LogP contribution in [0, 0.1) is 5.92 Å². The van der Waals surface area contributed by atoms with Crippen LogP contribution in [-0.2, 0) is 9.53 Å². The third kappa shape index (κ3) is 4.63. The SMILES string of the molecule is O=C1CCCN1CC1CCN(C(=O)c2ccc(NC[C@@H]3CCCO3)nc2)CC1. The van der Waals surface area contributed by atoms with Crippen LogP contribution in [0.4, 0.5) is 5.82 Å². The second kappa shape index (κ2) is 8.90. The van der Waals surface area contributed by atoms with Gasteiger partial charge >= 0.3 is 0 Å². The lowest BCUT2D eigenvalue weighted by atomic mass is 9.96. The zero-order chi connectivity index (χ0) is 19.3. The number of hydrogen-bond acceptors (Lipinski definition) is 5. The van der Waals surface area contributed by atoms with Crippen LogP contribution in [-0.4, -0.2) is 72.0 Å². The van der Waals surface area contributed by atoms with Gasteiger partial charge in [-0.25, -0.2) is 4.98 Å². The highest BCUT2D eigenvalue weighted by molar-refractivity contribution is 5.94. The fraction of sp³-hybridized carbons (Fsp3) is 0.667. The maximum absolute atomic E-state index is 12.8. The van der Waals surface area contributed by atoms with E-state index in [1.54, 1.807) is 6.20 Å². The van der Waals surface area contributed by atoms with Gasteiger partial charge in [0, 0.05) is 51.9 Å². The van der Waals surface area contributed by atoms with E-state index in [0.29, 0.717) is 17.9 Å². The Balaban J connectivity index is 1.23. The normalized spacial score (nSPS) is 23.4. The van der Waals surface area contributed by atoms with Crippen LogP contribution in [0.3, 0.4) is 0 Å². The van der Waals surface area contributed by atoms with Crippen molar-refractivity contribution in [3.8, 4) is 0 Å². The number of nitrogens with zero attached hydrogens (tertiary/aromatic N) is 3. The molecule has 1 N–H and O–H groups in total. The molecule has 0 aliphatic carbocycles. The van der Waals surface area contributed by atoms with Crippen LogP contribution in [0.25, 0.3) is 0 Å². The summed E-state index contributed by atoms with van der Waals surface area (Å²) in [7, 11) is 0. The van der Waals surface area contributed by atoms with E-state index in [1.807, 2.05) is 21.9 Å². The first-order valence-electron chi connectivity index (χ1n) is 10.6. The molecule has 152 valence electrons. The Labute approximate surface area is 166 Å². The van der Waals surface area contributed by atoms with Crippen LogP contribution >= 0.6 is 0 Å². The van der Waals surface area contributed by atoms with E-state index < -0.39 is 0 Å². The van der Waals surface area contributed by atoms with Crippen LogP contribution in [0.15, 0.2) is 18.3 Å². The molecule has 4 heterocycles. The molecule has 3 saturated heterocycles. The number of carbonyl (C=O) groups excluding carboxylic acids is 2. The highest BCUT2D eigenvalue weighted by atomic mass is 16.5. The molecule has 0 aromatic carbocycles. The molecule has 0 saturated carbocycles. The molecule has 7 heteroatoms. The number of carbonyl (C=O) groups is 2. The number of amides is 2. The first-order chi connectivity index (χ1) is 13.7. The minimum Gasteiger partial charge on any atom is -0.376 e. The van der Waals surface area contributed by atoms with Crippen molar-refractivity contribution in [1.29, 1.82) is 0 Å². The summed E-state index contributed by atoms with van der Waals surface area (Å²) in [5.41, 5.74) is 0.635. The zero-order valence-corrected chi connectivity index (χ0v) is 16.4. The predicted octanol–water partition coefficient (Wildman–Crippen LogP) is 2.15. The average Bonchev–Trinajstić information content (AvgIpc) is 3.39. The lowest BCUT2D eigenvalue weighted by molar-refractivity contribution is -0.128. The molecule has 2 amide bonds.